The first-order chi connectivity index (χ1) is 4.91. The molecule has 0 saturated heterocycles. The molecule has 1 unspecified atom stereocenters. The quantitative estimate of drug-likeness (QED) is 0.241. The van der Waals surface area contributed by atoms with Gasteiger partial charge in [-0.3, -0.25) is 9.46 Å². The lowest BCUT2D eigenvalue weighted by Crippen LogP contribution is -2.27. The minimum atomic E-state index is -3.79. The maximum Gasteiger partial charge on any atom is 0.412 e. The van der Waals surface area contributed by atoms with E-state index in [0.29, 0.717) is 4.67 Å². The van der Waals surface area contributed by atoms with Crippen molar-refractivity contribution >= 4 is 23.8 Å². The van der Waals surface area contributed by atoms with Crippen LogP contribution in [0.2, 0.25) is 0 Å². The van der Waals surface area contributed by atoms with E-state index in [2.05, 4.69) is 10.2 Å². The number of hydrogen-bond acceptors (Lipinski definition) is 4. The van der Waals surface area contributed by atoms with Crippen LogP contribution in [0.1, 0.15) is 6.92 Å². The smallest absolute Gasteiger partial charge is 0.412 e. The van der Waals surface area contributed by atoms with E-state index in [1.807, 2.05) is 0 Å². The summed E-state index contributed by atoms with van der Waals surface area (Å²) >= 11 is 0.164. The Morgan fingerprint density at radius 3 is 2.64 bits per heavy atom. The number of nitrogens with two attached hydrogens (primary N) is 1. The Hall–Kier alpha value is -0.0400. The highest BCUT2D eigenvalue weighted by Gasteiger charge is 2.23. The Morgan fingerprint density at radius 1 is 1.91 bits per heavy atom. The molecule has 11 heavy (non-hydrogen) atoms. The van der Waals surface area contributed by atoms with Crippen molar-refractivity contribution in [2.45, 2.75) is 6.92 Å². The second kappa shape index (κ2) is 4.10. The summed E-state index contributed by atoms with van der Waals surface area (Å²) in [4.78, 5) is 30.5. The van der Waals surface area contributed by atoms with Gasteiger partial charge in [-0.2, -0.15) is 5.90 Å². The highest BCUT2D eigenvalue weighted by atomic mass is 32.5. The highest BCUT2D eigenvalue weighted by molar-refractivity contribution is 8.14. The Bertz CT molecular complexity index is 202. The number of carbonyl (C=O) groups excluding carboxylic acids is 1. The van der Waals surface area contributed by atoms with Gasteiger partial charge in [0.15, 0.2) is 0 Å². The van der Waals surface area contributed by atoms with Crippen molar-refractivity contribution in [3.63, 3.8) is 0 Å². The molecule has 0 spiro atoms. The fourth-order valence-corrected chi connectivity index (χ4v) is 1.83. The number of amides is 1. The molecule has 0 fully saturated rings. The third-order valence-corrected chi connectivity index (χ3v) is 3.87. The molecule has 3 N–H and O–H groups in total. The van der Waals surface area contributed by atoms with Gasteiger partial charge in [-0.1, -0.05) is 0 Å². The van der Waals surface area contributed by atoms with Gasteiger partial charge >= 0.3 is 17.9 Å². The van der Waals surface area contributed by atoms with E-state index < -0.39 is 12.5 Å². The second-order valence-corrected chi connectivity index (χ2v) is 5.50. The van der Waals surface area contributed by atoms with Crippen molar-refractivity contribution in [1.29, 1.82) is 0 Å². The van der Waals surface area contributed by atoms with Crippen molar-refractivity contribution in [2.24, 2.45) is 5.90 Å². The summed E-state index contributed by atoms with van der Waals surface area (Å²) in [6.07, 6.45) is 0. The number of carbonyl (C=O) groups is 1. The van der Waals surface area contributed by atoms with Crippen LogP contribution in [-0.4, -0.2) is 22.5 Å². The van der Waals surface area contributed by atoms with Gasteiger partial charge in [0.2, 0.25) is 5.91 Å². The minimum Gasteiger partial charge on any atom is -0.744 e. The third-order valence-electron chi connectivity index (χ3n) is 0.975. The SMILES string of the molecule is CC(=O)N(C)P([O-])(O)=[S+]ON. The van der Waals surface area contributed by atoms with Crippen molar-refractivity contribution in [1.82, 2.24) is 4.67 Å². The fraction of sp³-hybridized carbons (Fsp3) is 0.667. The van der Waals surface area contributed by atoms with Crippen molar-refractivity contribution < 1.29 is 18.9 Å². The monoisotopic (exact) mass is 200 g/mol. The van der Waals surface area contributed by atoms with Gasteiger partial charge < -0.3 is 9.79 Å². The molecule has 0 radical (unpaired) electrons. The van der Waals surface area contributed by atoms with Gasteiger partial charge in [0.25, 0.3) is 0 Å². The Balaban J connectivity index is 4.55. The molecule has 0 heterocycles. The zero-order chi connectivity index (χ0) is 9.07. The zero-order valence-electron chi connectivity index (χ0n) is 6.05. The van der Waals surface area contributed by atoms with Gasteiger partial charge in [0, 0.05) is 14.0 Å². The number of nitrogens with zero attached hydrogens (tertiary/aromatic N) is 1. The van der Waals surface area contributed by atoms with Gasteiger partial charge in [0.1, 0.15) is 0 Å². The molecule has 0 aliphatic rings. The predicted molar refractivity (Wildman–Crippen MR) is 40.2 cm³/mol. The fourth-order valence-electron chi connectivity index (χ4n) is 0.284. The topological polar surface area (TPSA) is 98.9 Å². The van der Waals surface area contributed by atoms with E-state index in [1.165, 1.54) is 14.0 Å². The van der Waals surface area contributed by atoms with Crippen molar-refractivity contribution in [3.05, 3.63) is 0 Å². The van der Waals surface area contributed by atoms with Crippen LogP contribution in [0, 0.1) is 0 Å². The first kappa shape index (κ1) is 11.0. The van der Waals surface area contributed by atoms with Crippen LogP contribution in [0.15, 0.2) is 0 Å². The van der Waals surface area contributed by atoms with E-state index in [4.69, 9.17) is 4.89 Å². The minimum absolute atomic E-state index is 0.164. The molecule has 66 valence electrons. The summed E-state index contributed by atoms with van der Waals surface area (Å²) < 4.78 is 4.56. The Morgan fingerprint density at radius 2 is 2.36 bits per heavy atom. The van der Waals surface area contributed by atoms with Crippen LogP contribution in [0.3, 0.4) is 0 Å². The number of hydrogen-bond donors (Lipinski definition) is 2. The molecule has 1 atom stereocenters. The summed E-state index contributed by atoms with van der Waals surface area (Å²) in [5.74, 6) is 4.02. The van der Waals surface area contributed by atoms with Crippen molar-refractivity contribution in [3.8, 4) is 0 Å². The summed E-state index contributed by atoms with van der Waals surface area (Å²) in [6.45, 7) is -2.62. The molecule has 1 amide bonds. The van der Waals surface area contributed by atoms with Crippen LogP contribution in [0.4, 0.5) is 0 Å². The third kappa shape index (κ3) is 3.24. The molecular weight excluding hydrogens is 191 g/mol. The van der Waals surface area contributed by atoms with E-state index in [9.17, 15) is 9.69 Å². The molecule has 0 aliphatic heterocycles. The van der Waals surface area contributed by atoms with Gasteiger partial charge in [-0.25, -0.2) is 0 Å². The first-order valence-corrected chi connectivity index (χ1v) is 5.50. The van der Waals surface area contributed by atoms with Crippen LogP contribution in [0.5, 0.6) is 0 Å². The summed E-state index contributed by atoms with van der Waals surface area (Å²) in [5, 5.41) is 0. The lowest BCUT2D eigenvalue weighted by molar-refractivity contribution is -0.190. The van der Waals surface area contributed by atoms with E-state index in [1.54, 1.807) is 0 Å². The molecule has 8 heteroatoms. The second-order valence-electron chi connectivity index (χ2n) is 1.70. The maximum atomic E-state index is 11.0. The van der Waals surface area contributed by atoms with Crippen LogP contribution < -0.4 is 10.8 Å². The van der Waals surface area contributed by atoms with Gasteiger partial charge in [0.05, 0.1) is 0 Å². The Kier molecular flexibility index (Phi) is 4.09. The summed E-state index contributed by atoms with van der Waals surface area (Å²) in [5.41, 5.74) is 0. The molecule has 0 bridgehead atoms. The largest absolute Gasteiger partial charge is 0.744 e. The first-order valence-electron chi connectivity index (χ1n) is 2.54. The molecule has 0 aliphatic carbocycles. The predicted octanol–water partition coefficient (Wildman–Crippen LogP) is -1.62. The zero-order valence-corrected chi connectivity index (χ0v) is 7.76. The highest BCUT2D eigenvalue weighted by Crippen LogP contribution is 2.36. The molecule has 0 saturated carbocycles. The number of rotatable bonds is 2. The van der Waals surface area contributed by atoms with E-state index in [-0.39, 0.29) is 11.2 Å². The van der Waals surface area contributed by atoms with Crippen LogP contribution >= 0.6 is 6.64 Å². The Labute approximate surface area is 67.9 Å². The summed E-state index contributed by atoms with van der Waals surface area (Å²) in [7, 11) is 1.19. The maximum absolute atomic E-state index is 11.0. The standard InChI is InChI=1S/C3H9N2O4PS/c1-3(6)5(2)10(7,8)11-9-4/h4H2,1-2H3,(H-,7,8). The van der Waals surface area contributed by atoms with E-state index >= 15 is 0 Å². The molecule has 0 rings (SSSR count). The summed E-state index contributed by atoms with van der Waals surface area (Å²) in [6, 6.07) is 0. The lowest BCUT2D eigenvalue weighted by Gasteiger charge is -2.21. The lowest BCUT2D eigenvalue weighted by atomic mass is 10.7. The van der Waals surface area contributed by atoms with E-state index in [0.717, 1.165) is 0 Å². The van der Waals surface area contributed by atoms with Gasteiger partial charge in [-0.15, -0.1) is 0 Å². The molecule has 0 aromatic rings. The molecule has 0 aromatic heterocycles. The average molecular weight is 200 g/mol. The molecule has 6 nitrogen and oxygen atoms in total. The van der Waals surface area contributed by atoms with Crippen LogP contribution in [0.25, 0.3) is 0 Å². The van der Waals surface area contributed by atoms with Crippen LogP contribution in [-0.2, 0) is 20.3 Å². The molecular formula is C3H9N2O4PS. The van der Waals surface area contributed by atoms with Crippen molar-refractivity contribution in [2.75, 3.05) is 7.05 Å². The molecule has 0 aromatic carbocycles. The average Bonchev–Trinajstić information content (AvgIpc) is 1.86. The normalized spacial score (nSPS) is 15.4. The van der Waals surface area contributed by atoms with Gasteiger partial charge in [-0.05, 0) is 4.28 Å².